The topological polar surface area (TPSA) is 100 Å². The number of carbonyl (C=O) groups excluding carboxylic acids is 3. The molecule has 0 atom stereocenters. The molecule has 3 aromatic rings. The summed E-state index contributed by atoms with van der Waals surface area (Å²) in [6.45, 7) is 2.89. The Morgan fingerprint density at radius 3 is 2.19 bits per heavy atom. The molecule has 0 saturated heterocycles. The molecule has 3 rings (SSSR count). The van der Waals surface area contributed by atoms with Gasteiger partial charge < -0.3 is 16.0 Å². The van der Waals surface area contributed by atoms with E-state index in [2.05, 4.69) is 20.9 Å². The molecule has 8 heteroatoms. The normalized spacial score (nSPS) is 10.4. The van der Waals surface area contributed by atoms with Gasteiger partial charge in [0.05, 0.1) is 16.6 Å². The summed E-state index contributed by atoms with van der Waals surface area (Å²) in [4.78, 5) is 38.8. The Kier molecular flexibility index (Phi) is 5.46. The van der Waals surface area contributed by atoms with Crippen molar-refractivity contribution in [2.75, 3.05) is 16.0 Å². The molecule has 3 N–H and O–H groups in total. The van der Waals surface area contributed by atoms with E-state index in [4.69, 9.17) is 0 Å². The van der Waals surface area contributed by atoms with Crippen LogP contribution in [0.3, 0.4) is 0 Å². The number of hydrogen-bond donors (Lipinski definition) is 3. The van der Waals surface area contributed by atoms with Crippen molar-refractivity contribution in [2.24, 2.45) is 0 Å². The molecule has 0 unspecified atom stereocenters. The van der Waals surface area contributed by atoms with Crippen LogP contribution in [0.1, 0.15) is 19.4 Å². The fourth-order valence-electron chi connectivity index (χ4n) is 2.52. The first-order chi connectivity index (χ1) is 12.9. The summed E-state index contributed by atoms with van der Waals surface area (Å²) in [6.07, 6.45) is 0.202. The highest BCUT2D eigenvalue weighted by Gasteiger charge is 2.10. The molecule has 138 valence electrons. The average molecular weight is 382 g/mol. The van der Waals surface area contributed by atoms with Crippen molar-refractivity contribution < 1.29 is 14.4 Å². The maximum absolute atomic E-state index is 12.3. The summed E-state index contributed by atoms with van der Waals surface area (Å²) < 4.78 is 0.871. The zero-order valence-corrected chi connectivity index (χ0v) is 15.6. The van der Waals surface area contributed by atoms with Gasteiger partial charge in [0, 0.05) is 25.2 Å². The van der Waals surface area contributed by atoms with Gasteiger partial charge in [-0.25, -0.2) is 4.98 Å². The van der Waals surface area contributed by atoms with Crippen LogP contribution in [0.2, 0.25) is 0 Å². The number of hydrogen-bond acceptors (Lipinski definition) is 5. The van der Waals surface area contributed by atoms with Gasteiger partial charge in [-0.05, 0) is 35.9 Å². The third-order valence-electron chi connectivity index (χ3n) is 3.59. The first-order valence-electron chi connectivity index (χ1n) is 8.23. The van der Waals surface area contributed by atoms with Gasteiger partial charge in [-0.15, -0.1) is 0 Å². The zero-order valence-electron chi connectivity index (χ0n) is 14.8. The summed E-state index contributed by atoms with van der Waals surface area (Å²) in [6, 6.07) is 12.5. The summed E-state index contributed by atoms with van der Waals surface area (Å²) in [5.74, 6) is -0.460. The molecule has 1 heterocycles. The van der Waals surface area contributed by atoms with E-state index in [1.54, 1.807) is 36.4 Å². The Morgan fingerprint density at radius 1 is 0.889 bits per heavy atom. The maximum atomic E-state index is 12.3. The number of anilines is 3. The van der Waals surface area contributed by atoms with Gasteiger partial charge in [-0.1, -0.05) is 23.5 Å². The highest BCUT2D eigenvalue weighted by molar-refractivity contribution is 7.22. The smallest absolute Gasteiger partial charge is 0.230 e. The second-order valence-corrected chi connectivity index (χ2v) is 7.02. The van der Waals surface area contributed by atoms with Gasteiger partial charge in [0.2, 0.25) is 17.7 Å². The van der Waals surface area contributed by atoms with E-state index in [0.29, 0.717) is 16.5 Å². The molecule has 0 saturated carbocycles. The Labute approximate surface area is 159 Å². The molecule has 7 nitrogen and oxygen atoms in total. The molecule has 0 bridgehead atoms. The van der Waals surface area contributed by atoms with Gasteiger partial charge in [-0.3, -0.25) is 14.4 Å². The van der Waals surface area contributed by atoms with Gasteiger partial charge in [0.15, 0.2) is 5.13 Å². The molecule has 3 amide bonds. The number of nitrogens with zero attached hydrogens (tertiary/aromatic N) is 1. The molecule has 1 aromatic heterocycles. The third kappa shape index (κ3) is 5.11. The van der Waals surface area contributed by atoms with E-state index in [1.807, 2.05) is 6.07 Å². The number of nitrogens with one attached hydrogen (secondary N) is 3. The van der Waals surface area contributed by atoms with Gasteiger partial charge >= 0.3 is 0 Å². The highest BCUT2D eigenvalue weighted by atomic mass is 32.1. The van der Waals surface area contributed by atoms with E-state index in [1.165, 1.54) is 25.2 Å². The molecule has 0 aliphatic rings. The van der Waals surface area contributed by atoms with E-state index in [9.17, 15) is 14.4 Å². The number of amides is 3. The lowest BCUT2D eigenvalue weighted by molar-refractivity contribution is -0.116. The van der Waals surface area contributed by atoms with Gasteiger partial charge in [0.1, 0.15) is 0 Å². The number of benzene rings is 2. The number of fused-ring (bicyclic) bond motifs is 1. The minimum atomic E-state index is -0.177. The van der Waals surface area contributed by atoms with Crippen LogP contribution in [0, 0.1) is 0 Å². The van der Waals surface area contributed by atoms with Crippen LogP contribution in [0.4, 0.5) is 16.5 Å². The third-order valence-corrected chi connectivity index (χ3v) is 4.53. The monoisotopic (exact) mass is 382 g/mol. The first-order valence-corrected chi connectivity index (χ1v) is 9.05. The molecule has 0 fully saturated rings. The van der Waals surface area contributed by atoms with Gasteiger partial charge in [0.25, 0.3) is 0 Å². The zero-order chi connectivity index (χ0) is 19.4. The van der Waals surface area contributed by atoms with E-state index in [0.717, 1.165) is 15.8 Å². The minimum Gasteiger partial charge on any atom is -0.326 e. The predicted octanol–water partition coefficient (Wildman–Crippen LogP) is 3.39. The van der Waals surface area contributed by atoms with Crippen LogP contribution < -0.4 is 16.0 Å². The Morgan fingerprint density at radius 2 is 1.52 bits per heavy atom. The van der Waals surface area contributed by atoms with Crippen molar-refractivity contribution in [1.29, 1.82) is 0 Å². The molecular weight excluding hydrogens is 364 g/mol. The number of aromatic nitrogens is 1. The lowest BCUT2D eigenvalue weighted by atomic mass is 10.1. The molecule has 0 spiro atoms. The van der Waals surface area contributed by atoms with Crippen LogP contribution in [0.25, 0.3) is 10.2 Å². The fourth-order valence-corrected chi connectivity index (χ4v) is 3.44. The van der Waals surface area contributed by atoms with Crippen LogP contribution in [0.5, 0.6) is 0 Å². The summed E-state index contributed by atoms with van der Waals surface area (Å²) in [5.41, 5.74) is 2.96. The predicted molar refractivity (Wildman–Crippen MR) is 107 cm³/mol. The van der Waals surface area contributed by atoms with Crippen LogP contribution in [-0.2, 0) is 20.8 Å². The lowest BCUT2D eigenvalue weighted by Gasteiger charge is -2.04. The second kappa shape index (κ2) is 7.96. The van der Waals surface area contributed by atoms with Crippen molar-refractivity contribution in [3.63, 3.8) is 0 Å². The minimum absolute atomic E-state index is 0.141. The number of rotatable bonds is 5. The number of carbonyl (C=O) groups is 3. The quantitative estimate of drug-likeness (QED) is 0.630. The fraction of sp³-hybridized carbons (Fsp3) is 0.158. The van der Waals surface area contributed by atoms with Gasteiger partial charge in [-0.2, -0.15) is 0 Å². The van der Waals surface area contributed by atoms with Crippen molar-refractivity contribution in [3.8, 4) is 0 Å². The van der Waals surface area contributed by atoms with Crippen LogP contribution in [0.15, 0.2) is 42.5 Å². The van der Waals surface area contributed by atoms with Crippen LogP contribution >= 0.6 is 11.3 Å². The largest absolute Gasteiger partial charge is 0.326 e. The summed E-state index contributed by atoms with van der Waals surface area (Å²) in [5, 5.41) is 8.71. The number of thiazole rings is 1. The second-order valence-electron chi connectivity index (χ2n) is 5.99. The molecular formula is C19H18N4O3S. The molecule has 27 heavy (non-hydrogen) atoms. The van der Waals surface area contributed by atoms with E-state index >= 15 is 0 Å². The Bertz CT molecular complexity index is 1010. The average Bonchev–Trinajstić information content (AvgIpc) is 2.97. The van der Waals surface area contributed by atoms with Crippen molar-refractivity contribution in [1.82, 2.24) is 4.98 Å². The molecule has 2 aromatic carbocycles. The Balaban J connectivity index is 1.65. The summed E-state index contributed by atoms with van der Waals surface area (Å²) >= 11 is 1.34. The standard InChI is InChI=1S/C19H18N4O3S/c1-11(24)20-14-5-3-13(4-6-14)9-18(26)23-19-22-16-8-7-15(21-12(2)25)10-17(16)27-19/h3-8,10H,9H2,1-2H3,(H,20,24)(H,21,25)(H,22,23,26). The van der Waals surface area contributed by atoms with Crippen molar-refractivity contribution >= 4 is 55.8 Å². The Hall–Kier alpha value is -3.26. The summed E-state index contributed by atoms with van der Waals surface area (Å²) in [7, 11) is 0. The SMILES string of the molecule is CC(=O)Nc1ccc(CC(=O)Nc2nc3ccc(NC(C)=O)cc3s2)cc1. The molecule has 0 aliphatic carbocycles. The van der Waals surface area contributed by atoms with Crippen molar-refractivity contribution in [3.05, 3.63) is 48.0 Å². The van der Waals surface area contributed by atoms with E-state index in [-0.39, 0.29) is 24.1 Å². The van der Waals surface area contributed by atoms with E-state index < -0.39 is 0 Å². The van der Waals surface area contributed by atoms with Crippen LogP contribution in [-0.4, -0.2) is 22.7 Å². The maximum Gasteiger partial charge on any atom is 0.230 e. The molecule has 0 radical (unpaired) electrons. The first kappa shape index (κ1) is 18.5. The lowest BCUT2D eigenvalue weighted by Crippen LogP contribution is -2.14. The van der Waals surface area contributed by atoms with Crippen molar-refractivity contribution in [2.45, 2.75) is 20.3 Å². The molecule has 0 aliphatic heterocycles. The highest BCUT2D eigenvalue weighted by Crippen LogP contribution is 2.28.